The summed E-state index contributed by atoms with van der Waals surface area (Å²) < 4.78 is 5.17. The van der Waals surface area contributed by atoms with Crippen molar-refractivity contribution in [3.63, 3.8) is 0 Å². The van der Waals surface area contributed by atoms with Crippen LogP contribution < -0.4 is 0 Å². The summed E-state index contributed by atoms with van der Waals surface area (Å²) in [5.41, 5.74) is 0.529. The minimum absolute atomic E-state index is 0.0360. The normalized spacial score (nSPS) is 14.8. The maximum atomic E-state index is 12.4. The van der Waals surface area contributed by atoms with Crippen molar-refractivity contribution in [3.05, 3.63) is 65.7 Å². The molecule has 0 saturated carbocycles. The molecule has 0 aliphatic heterocycles. The largest absolute Gasteiger partial charge is 0.463 e. The zero-order chi connectivity index (χ0) is 14.7. The van der Waals surface area contributed by atoms with E-state index in [1.54, 1.807) is 31.2 Å². The Bertz CT molecular complexity index is 696. The number of carbonyl (C=O) groups is 3. The van der Waals surface area contributed by atoms with Gasteiger partial charge in [-0.3, -0.25) is 14.4 Å². The molecule has 0 spiro atoms. The zero-order valence-corrected chi connectivity index (χ0v) is 10.9. The summed E-state index contributed by atoms with van der Waals surface area (Å²) in [6, 6.07) is 0. The lowest BCUT2D eigenvalue weighted by atomic mass is 9.93. The average molecular weight is 268 g/mol. The van der Waals surface area contributed by atoms with E-state index in [0.717, 1.165) is 6.08 Å². The molecule has 0 atom stereocenters. The molecule has 4 heteroatoms. The van der Waals surface area contributed by atoms with E-state index >= 15 is 0 Å². The van der Waals surface area contributed by atoms with Crippen LogP contribution in [0.3, 0.4) is 0 Å². The molecule has 4 nitrogen and oxygen atoms in total. The summed E-state index contributed by atoms with van der Waals surface area (Å²) in [4.78, 5) is 35.6. The number of ketones is 3. The van der Waals surface area contributed by atoms with E-state index in [-0.39, 0.29) is 22.7 Å². The molecule has 0 radical (unpaired) electrons. The standard InChI is InChI=1S/C16H12O4/c1-3-5-6-10(4-2)15(18)11-9-20-13-8-7-12(17)16(19)14(11)13/h3-9H,1H2,2H3/b6-5-,10-4+. The molecule has 1 aliphatic rings. The van der Waals surface area contributed by atoms with E-state index in [0.29, 0.717) is 5.57 Å². The minimum atomic E-state index is -0.720. The number of fused-ring (bicyclic) bond motifs is 1. The predicted octanol–water partition coefficient (Wildman–Crippen LogP) is 2.93. The van der Waals surface area contributed by atoms with Gasteiger partial charge in [0.05, 0.1) is 11.1 Å². The van der Waals surface area contributed by atoms with Crippen LogP contribution in [0.1, 0.15) is 33.4 Å². The first-order valence-electron chi connectivity index (χ1n) is 5.98. The van der Waals surface area contributed by atoms with Crippen molar-refractivity contribution in [2.75, 3.05) is 0 Å². The number of hydrogen-bond donors (Lipinski definition) is 0. The molecule has 1 aromatic rings. The summed E-state index contributed by atoms with van der Waals surface area (Å²) in [5, 5.41) is 0. The lowest BCUT2D eigenvalue weighted by Gasteiger charge is -2.04. The zero-order valence-electron chi connectivity index (χ0n) is 10.9. The van der Waals surface area contributed by atoms with Gasteiger partial charge in [-0.1, -0.05) is 30.9 Å². The molecular weight excluding hydrogens is 256 g/mol. The van der Waals surface area contributed by atoms with Crippen molar-refractivity contribution >= 4 is 23.4 Å². The van der Waals surface area contributed by atoms with Crippen molar-refractivity contribution in [2.45, 2.75) is 6.92 Å². The monoisotopic (exact) mass is 268 g/mol. The highest BCUT2D eigenvalue weighted by Crippen LogP contribution is 2.26. The Morgan fingerprint density at radius 3 is 2.70 bits per heavy atom. The molecule has 1 aliphatic carbocycles. The van der Waals surface area contributed by atoms with Gasteiger partial charge in [0.1, 0.15) is 12.0 Å². The Labute approximate surface area is 115 Å². The van der Waals surface area contributed by atoms with E-state index in [2.05, 4.69) is 6.58 Å². The van der Waals surface area contributed by atoms with E-state index in [4.69, 9.17) is 4.42 Å². The maximum absolute atomic E-state index is 12.4. The average Bonchev–Trinajstić information content (AvgIpc) is 2.88. The topological polar surface area (TPSA) is 64.3 Å². The summed E-state index contributed by atoms with van der Waals surface area (Å²) in [7, 11) is 0. The molecule has 0 aromatic carbocycles. The molecular formula is C16H12O4. The number of Topliss-reactive ketones (excluding diaryl/α,β-unsaturated/α-hetero) is 2. The Balaban J connectivity index is 2.48. The van der Waals surface area contributed by atoms with Gasteiger partial charge in [-0.25, -0.2) is 0 Å². The highest BCUT2D eigenvalue weighted by Gasteiger charge is 2.30. The molecule has 0 saturated heterocycles. The molecule has 0 bridgehead atoms. The van der Waals surface area contributed by atoms with Gasteiger partial charge in [-0.2, -0.15) is 0 Å². The quantitative estimate of drug-likeness (QED) is 0.364. The van der Waals surface area contributed by atoms with Gasteiger partial charge in [0, 0.05) is 5.57 Å². The number of hydrogen-bond acceptors (Lipinski definition) is 4. The van der Waals surface area contributed by atoms with Crippen molar-refractivity contribution < 1.29 is 18.8 Å². The Morgan fingerprint density at radius 2 is 2.05 bits per heavy atom. The molecule has 0 N–H and O–H groups in total. The van der Waals surface area contributed by atoms with Crippen molar-refractivity contribution in [3.8, 4) is 0 Å². The third-order valence-corrected chi connectivity index (χ3v) is 2.89. The number of furan rings is 1. The smallest absolute Gasteiger partial charge is 0.237 e. The highest BCUT2D eigenvalue weighted by molar-refractivity contribution is 6.51. The lowest BCUT2D eigenvalue weighted by molar-refractivity contribution is -0.110. The molecule has 0 unspecified atom stereocenters. The first-order chi connectivity index (χ1) is 9.60. The fourth-order valence-electron chi connectivity index (χ4n) is 1.88. The molecule has 1 heterocycles. The third kappa shape index (κ3) is 2.23. The maximum Gasteiger partial charge on any atom is 0.237 e. The number of allylic oxidation sites excluding steroid dienone is 6. The van der Waals surface area contributed by atoms with E-state index in [1.165, 1.54) is 12.3 Å². The third-order valence-electron chi connectivity index (χ3n) is 2.89. The van der Waals surface area contributed by atoms with Crippen LogP contribution in [-0.4, -0.2) is 17.3 Å². The first kappa shape index (κ1) is 13.7. The van der Waals surface area contributed by atoms with Gasteiger partial charge in [0.15, 0.2) is 5.78 Å². The Morgan fingerprint density at radius 1 is 1.30 bits per heavy atom. The summed E-state index contributed by atoms with van der Waals surface area (Å²) in [6.45, 7) is 5.24. The summed E-state index contributed by atoms with van der Waals surface area (Å²) >= 11 is 0. The van der Waals surface area contributed by atoms with Crippen LogP contribution in [0.15, 0.2) is 53.2 Å². The molecule has 2 rings (SSSR count). The van der Waals surface area contributed by atoms with Gasteiger partial charge in [-0.15, -0.1) is 0 Å². The summed E-state index contributed by atoms with van der Waals surface area (Å²) in [5.74, 6) is -1.51. The highest BCUT2D eigenvalue weighted by atomic mass is 16.3. The van der Waals surface area contributed by atoms with Gasteiger partial charge in [0.2, 0.25) is 11.6 Å². The second-order valence-corrected chi connectivity index (χ2v) is 4.08. The fraction of sp³-hybridized carbons (Fsp3) is 0.0625. The SMILES string of the molecule is C=C/C=C\C(=C/C)C(=O)c1coc2c1C(=O)C(=O)C=C2. The van der Waals surface area contributed by atoms with Crippen LogP contribution in [0, 0.1) is 0 Å². The van der Waals surface area contributed by atoms with E-state index in [1.807, 2.05) is 0 Å². The second kappa shape index (κ2) is 5.48. The summed E-state index contributed by atoms with van der Waals surface area (Å²) in [6.07, 6.45) is 10.1. The molecule has 100 valence electrons. The van der Waals surface area contributed by atoms with Crippen LogP contribution in [-0.2, 0) is 4.79 Å². The van der Waals surface area contributed by atoms with Crippen molar-refractivity contribution in [2.24, 2.45) is 0 Å². The lowest BCUT2D eigenvalue weighted by Crippen LogP contribution is -2.18. The van der Waals surface area contributed by atoms with E-state index in [9.17, 15) is 14.4 Å². The van der Waals surface area contributed by atoms with Gasteiger partial charge < -0.3 is 4.42 Å². The van der Waals surface area contributed by atoms with Gasteiger partial charge >= 0.3 is 0 Å². The van der Waals surface area contributed by atoms with Crippen molar-refractivity contribution in [1.82, 2.24) is 0 Å². The second-order valence-electron chi connectivity index (χ2n) is 4.08. The predicted molar refractivity (Wildman–Crippen MR) is 74.5 cm³/mol. The van der Waals surface area contributed by atoms with Crippen LogP contribution in [0.2, 0.25) is 0 Å². The number of rotatable bonds is 4. The van der Waals surface area contributed by atoms with Crippen LogP contribution >= 0.6 is 0 Å². The van der Waals surface area contributed by atoms with Gasteiger partial charge in [-0.05, 0) is 19.1 Å². The number of carbonyl (C=O) groups excluding carboxylic acids is 3. The van der Waals surface area contributed by atoms with Crippen LogP contribution in [0.5, 0.6) is 0 Å². The van der Waals surface area contributed by atoms with Crippen LogP contribution in [0.25, 0.3) is 6.08 Å². The van der Waals surface area contributed by atoms with E-state index < -0.39 is 11.6 Å². The molecule has 0 fully saturated rings. The fourth-order valence-corrected chi connectivity index (χ4v) is 1.88. The Hall–Kier alpha value is -2.75. The van der Waals surface area contributed by atoms with Gasteiger partial charge in [0.25, 0.3) is 0 Å². The van der Waals surface area contributed by atoms with Crippen molar-refractivity contribution in [1.29, 1.82) is 0 Å². The van der Waals surface area contributed by atoms with Crippen LogP contribution in [0.4, 0.5) is 0 Å². The minimum Gasteiger partial charge on any atom is -0.463 e. The molecule has 20 heavy (non-hydrogen) atoms. The molecule has 1 aromatic heterocycles. The Kier molecular flexibility index (Phi) is 3.75. The molecule has 0 amide bonds. The first-order valence-corrected chi connectivity index (χ1v) is 5.98.